The number of carbonyl (C=O) groups is 1. The Balaban J connectivity index is 1.59. The summed E-state index contributed by atoms with van der Waals surface area (Å²) < 4.78 is 5.43. The molecular formula is C17H24N2O2. The van der Waals surface area contributed by atoms with Crippen molar-refractivity contribution in [3.8, 4) is 5.75 Å². The van der Waals surface area contributed by atoms with Crippen molar-refractivity contribution in [2.24, 2.45) is 0 Å². The number of rotatable bonds is 4. The number of nitrogens with zero attached hydrogens (tertiary/aromatic N) is 2. The number of hydrogen-bond acceptors (Lipinski definition) is 3. The molecule has 2 saturated heterocycles. The van der Waals surface area contributed by atoms with Crippen molar-refractivity contribution in [3.05, 3.63) is 29.8 Å². The number of benzene rings is 1. The summed E-state index contributed by atoms with van der Waals surface area (Å²) >= 11 is 0. The van der Waals surface area contributed by atoms with E-state index in [4.69, 9.17) is 4.74 Å². The molecular weight excluding hydrogens is 264 g/mol. The van der Waals surface area contributed by atoms with Gasteiger partial charge in [0.05, 0.1) is 13.0 Å². The molecule has 114 valence electrons. The Labute approximate surface area is 126 Å². The molecule has 0 aromatic heterocycles. The Morgan fingerprint density at radius 2 is 1.81 bits per heavy atom. The van der Waals surface area contributed by atoms with Gasteiger partial charge in [-0.15, -0.1) is 0 Å². The maximum Gasteiger partial charge on any atom is 0.227 e. The molecule has 2 aliphatic heterocycles. The first-order valence-corrected chi connectivity index (χ1v) is 7.89. The predicted molar refractivity (Wildman–Crippen MR) is 82.5 cm³/mol. The van der Waals surface area contributed by atoms with Gasteiger partial charge >= 0.3 is 0 Å². The molecule has 2 fully saturated rings. The fourth-order valence-electron chi connectivity index (χ4n) is 3.47. The number of hydrogen-bond donors (Lipinski definition) is 0. The number of carbonyl (C=O) groups excluding carboxylic acids is 1. The molecule has 1 aromatic carbocycles. The quantitative estimate of drug-likeness (QED) is 0.849. The molecule has 0 unspecified atom stereocenters. The minimum atomic E-state index is 0.254. The van der Waals surface area contributed by atoms with Crippen LogP contribution in [-0.2, 0) is 11.2 Å². The van der Waals surface area contributed by atoms with E-state index in [9.17, 15) is 4.79 Å². The SMILES string of the molecule is CCOc1ccc(CC(=O)N2C[C@H]3CC[C@@H](C2)N3C)cc1. The van der Waals surface area contributed by atoms with Crippen molar-refractivity contribution in [1.29, 1.82) is 0 Å². The molecule has 3 rings (SSSR count). The molecule has 2 atom stereocenters. The number of ether oxygens (including phenoxy) is 1. The summed E-state index contributed by atoms with van der Waals surface area (Å²) in [6.07, 6.45) is 2.96. The van der Waals surface area contributed by atoms with Gasteiger partial charge in [0.1, 0.15) is 5.75 Å². The highest BCUT2D eigenvalue weighted by molar-refractivity contribution is 5.79. The molecule has 0 radical (unpaired) electrons. The first-order chi connectivity index (χ1) is 10.2. The Bertz CT molecular complexity index is 486. The average Bonchev–Trinajstić information content (AvgIpc) is 2.71. The third kappa shape index (κ3) is 3.05. The van der Waals surface area contributed by atoms with Crippen molar-refractivity contribution < 1.29 is 9.53 Å². The molecule has 0 spiro atoms. The van der Waals surface area contributed by atoms with Gasteiger partial charge in [-0.3, -0.25) is 9.69 Å². The van der Waals surface area contributed by atoms with E-state index in [0.29, 0.717) is 25.1 Å². The fourth-order valence-corrected chi connectivity index (χ4v) is 3.47. The number of likely N-dealkylation sites (tertiary alicyclic amines) is 1. The Morgan fingerprint density at radius 1 is 1.19 bits per heavy atom. The molecule has 2 bridgehead atoms. The van der Waals surface area contributed by atoms with Gasteiger partial charge in [-0.05, 0) is 44.5 Å². The molecule has 21 heavy (non-hydrogen) atoms. The van der Waals surface area contributed by atoms with Gasteiger partial charge in [-0.1, -0.05) is 12.1 Å². The lowest BCUT2D eigenvalue weighted by atomic mass is 10.1. The van der Waals surface area contributed by atoms with Gasteiger partial charge in [-0.25, -0.2) is 0 Å². The van der Waals surface area contributed by atoms with E-state index in [0.717, 1.165) is 24.4 Å². The van der Waals surface area contributed by atoms with Gasteiger partial charge in [0, 0.05) is 25.2 Å². The Kier molecular flexibility index (Phi) is 4.15. The second-order valence-corrected chi connectivity index (χ2v) is 6.10. The maximum absolute atomic E-state index is 12.5. The van der Waals surface area contributed by atoms with E-state index in [1.165, 1.54) is 12.8 Å². The van der Waals surface area contributed by atoms with Crippen LogP contribution in [0.25, 0.3) is 0 Å². The van der Waals surface area contributed by atoms with Crippen molar-refractivity contribution in [2.75, 3.05) is 26.7 Å². The highest BCUT2D eigenvalue weighted by atomic mass is 16.5. The average molecular weight is 288 g/mol. The van der Waals surface area contributed by atoms with E-state index in [1.807, 2.05) is 31.2 Å². The predicted octanol–water partition coefficient (Wildman–Crippen LogP) is 1.93. The molecule has 4 nitrogen and oxygen atoms in total. The second-order valence-electron chi connectivity index (χ2n) is 6.10. The molecule has 2 aliphatic rings. The highest BCUT2D eigenvalue weighted by Crippen LogP contribution is 2.28. The topological polar surface area (TPSA) is 32.8 Å². The number of amides is 1. The van der Waals surface area contributed by atoms with Crippen molar-refractivity contribution >= 4 is 5.91 Å². The van der Waals surface area contributed by atoms with Crippen LogP contribution in [0.4, 0.5) is 0 Å². The monoisotopic (exact) mass is 288 g/mol. The van der Waals surface area contributed by atoms with Crippen LogP contribution in [0, 0.1) is 0 Å². The summed E-state index contributed by atoms with van der Waals surface area (Å²) in [5.41, 5.74) is 1.06. The zero-order chi connectivity index (χ0) is 14.8. The van der Waals surface area contributed by atoms with E-state index >= 15 is 0 Å². The Morgan fingerprint density at radius 3 is 2.38 bits per heavy atom. The fraction of sp³-hybridized carbons (Fsp3) is 0.588. The first kappa shape index (κ1) is 14.4. The zero-order valence-electron chi connectivity index (χ0n) is 12.9. The number of likely N-dealkylation sites (N-methyl/N-ethyl adjacent to an activating group) is 1. The summed E-state index contributed by atoms with van der Waals surface area (Å²) in [6.45, 7) is 4.42. The number of piperazine rings is 1. The highest BCUT2D eigenvalue weighted by Gasteiger charge is 2.38. The summed E-state index contributed by atoms with van der Waals surface area (Å²) in [4.78, 5) is 17.0. The van der Waals surface area contributed by atoms with Gasteiger partial charge < -0.3 is 9.64 Å². The third-order valence-electron chi connectivity index (χ3n) is 4.79. The van der Waals surface area contributed by atoms with Gasteiger partial charge in [-0.2, -0.15) is 0 Å². The van der Waals surface area contributed by atoms with E-state index in [2.05, 4.69) is 16.8 Å². The van der Waals surface area contributed by atoms with Crippen LogP contribution in [0.5, 0.6) is 5.75 Å². The van der Waals surface area contributed by atoms with Crippen molar-refractivity contribution in [2.45, 2.75) is 38.3 Å². The largest absolute Gasteiger partial charge is 0.494 e. The van der Waals surface area contributed by atoms with Crippen LogP contribution < -0.4 is 4.74 Å². The molecule has 1 aromatic rings. The van der Waals surface area contributed by atoms with Gasteiger partial charge in [0.25, 0.3) is 0 Å². The van der Waals surface area contributed by atoms with E-state index in [-0.39, 0.29) is 5.91 Å². The molecule has 0 saturated carbocycles. The van der Waals surface area contributed by atoms with E-state index in [1.54, 1.807) is 0 Å². The van der Waals surface area contributed by atoms with Crippen LogP contribution in [0.3, 0.4) is 0 Å². The molecule has 2 heterocycles. The van der Waals surface area contributed by atoms with Crippen molar-refractivity contribution in [1.82, 2.24) is 9.80 Å². The third-order valence-corrected chi connectivity index (χ3v) is 4.79. The molecule has 0 aliphatic carbocycles. The summed E-state index contributed by atoms with van der Waals surface area (Å²) in [5, 5.41) is 0. The second kappa shape index (κ2) is 6.06. The lowest BCUT2D eigenvalue weighted by Crippen LogP contribution is -2.54. The van der Waals surface area contributed by atoms with Crippen LogP contribution >= 0.6 is 0 Å². The van der Waals surface area contributed by atoms with Crippen LogP contribution in [0.2, 0.25) is 0 Å². The molecule has 4 heteroatoms. The standard InChI is InChI=1S/C17H24N2O2/c1-3-21-16-8-4-13(5-9-16)10-17(20)19-11-14-6-7-15(12-19)18(14)2/h4-5,8-9,14-15H,3,6-7,10-12H2,1-2H3/t14-,15+. The Hall–Kier alpha value is -1.55. The van der Waals surface area contributed by atoms with Gasteiger partial charge in [0.2, 0.25) is 5.91 Å². The number of fused-ring (bicyclic) bond motifs is 2. The minimum Gasteiger partial charge on any atom is -0.494 e. The van der Waals surface area contributed by atoms with Crippen LogP contribution in [-0.4, -0.2) is 54.5 Å². The summed E-state index contributed by atoms with van der Waals surface area (Å²) in [6, 6.07) is 9.00. The molecule has 1 amide bonds. The van der Waals surface area contributed by atoms with E-state index < -0.39 is 0 Å². The summed E-state index contributed by atoms with van der Waals surface area (Å²) in [7, 11) is 2.19. The first-order valence-electron chi connectivity index (χ1n) is 7.89. The lowest BCUT2D eigenvalue weighted by molar-refractivity contribution is -0.133. The van der Waals surface area contributed by atoms with Crippen LogP contribution in [0.1, 0.15) is 25.3 Å². The van der Waals surface area contributed by atoms with Crippen LogP contribution in [0.15, 0.2) is 24.3 Å². The summed E-state index contributed by atoms with van der Waals surface area (Å²) in [5.74, 6) is 1.12. The smallest absolute Gasteiger partial charge is 0.227 e. The zero-order valence-corrected chi connectivity index (χ0v) is 12.9. The van der Waals surface area contributed by atoms with Gasteiger partial charge in [0.15, 0.2) is 0 Å². The maximum atomic E-state index is 12.5. The minimum absolute atomic E-state index is 0.254. The lowest BCUT2D eigenvalue weighted by Gasteiger charge is -2.39. The molecule has 0 N–H and O–H groups in total. The van der Waals surface area contributed by atoms with Crippen molar-refractivity contribution in [3.63, 3.8) is 0 Å². The normalized spacial score (nSPS) is 25.1.